The number of nitrogens with zero attached hydrogens (tertiary/aromatic N) is 1. The number of benzene rings is 1. The quantitative estimate of drug-likeness (QED) is 0.600. The molecule has 0 bridgehead atoms. The molecule has 1 atom stereocenters. The van der Waals surface area contributed by atoms with Gasteiger partial charge in [-0.25, -0.2) is 0 Å². The van der Waals surface area contributed by atoms with Gasteiger partial charge in [0.15, 0.2) is 0 Å². The van der Waals surface area contributed by atoms with Crippen molar-refractivity contribution in [1.29, 1.82) is 5.41 Å². The molecule has 0 aliphatic carbocycles. The number of nitrogens with two attached hydrogens (primary N) is 1. The second-order valence-electron chi connectivity index (χ2n) is 5.47. The smallest absolute Gasteiger partial charge is 0.0995 e. The van der Waals surface area contributed by atoms with Crippen molar-refractivity contribution in [2.75, 3.05) is 13.6 Å². The molecule has 3 N–H and O–H groups in total. The van der Waals surface area contributed by atoms with Crippen molar-refractivity contribution in [3.05, 3.63) is 35.9 Å². The van der Waals surface area contributed by atoms with Crippen LogP contribution in [0.4, 0.5) is 0 Å². The molecule has 0 heterocycles. The third-order valence-corrected chi connectivity index (χ3v) is 3.93. The Morgan fingerprint density at radius 1 is 1.33 bits per heavy atom. The van der Waals surface area contributed by atoms with Gasteiger partial charge in [0.25, 0.3) is 0 Å². The van der Waals surface area contributed by atoms with E-state index in [1.165, 1.54) is 0 Å². The van der Waals surface area contributed by atoms with Crippen molar-refractivity contribution in [1.82, 2.24) is 4.90 Å². The Morgan fingerprint density at radius 3 is 2.33 bits per heavy atom. The van der Waals surface area contributed by atoms with E-state index in [0.717, 1.165) is 18.5 Å². The summed E-state index contributed by atoms with van der Waals surface area (Å²) in [5, 5.41) is 7.80. The molecule has 0 aliphatic heterocycles. The first-order valence-corrected chi connectivity index (χ1v) is 6.48. The zero-order valence-electron chi connectivity index (χ0n) is 11.9. The van der Waals surface area contributed by atoms with Crippen molar-refractivity contribution in [2.24, 2.45) is 5.73 Å². The molecule has 1 unspecified atom stereocenters. The van der Waals surface area contributed by atoms with Crippen LogP contribution in [0.3, 0.4) is 0 Å². The molecule has 18 heavy (non-hydrogen) atoms. The number of rotatable bonds is 6. The molecule has 100 valence electrons. The van der Waals surface area contributed by atoms with Crippen LogP contribution in [0.1, 0.15) is 38.7 Å². The highest BCUT2D eigenvalue weighted by Gasteiger charge is 2.25. The van der Waals surface area contributed by atoms with Gasteiger partial charge in [-0.3, -0.25) is 5.41 Å². The van der Waals surface area contributed by atoms with Crippen molar-refractivity contribution >= 4 is 5.84 Å². The van der Waals surface area contributed by atoms with Gasteiger partial charge in [0.2, 0.25) is 0 Å². The molecule has 0 aromatic heterocycles. The van der Waals surface area contributed by atoms with Crippen molar-refractivity contribution in [2.45, 2.75) is 38.6 Å². The monoisotopic (exact) mass is 247 g/mol. The summed E-state index contributed by atoms with van der Waals surface area (Å²) >= 11 is 0. The fraction of sp³-hybridized carbons (Fsp3) is 0.533. The Bertz CT molecular complexity index is 384. The van der Waals surface area contributed by atoms with Gasteiger partial charge in [0.1, 0.15) is 0 Å². The molecule has 3 heteroatoms. The summed E-state index contributed by atoms with van der Waals surface area (Å²) in [4.78, 5) is 2.28. The first kappa shape index (κ1) is 14.7. The Balaban J connectivity index is 2.86. The first-order valence-electron chi connectivity index (χ1n) is 6.48. The van der Waals surface area contributed by atoms with Gasteiger partial charge in [0.05, 0.1) is 11.8 Å². The molecule has 0 saturated carbocycles. The summed E-state index contributed by atoms with van der Waals surface area (Å²) in [7, 11) is 2.10. The van der Waals surface area contributed by atoms with Crippen LogP contribution in [0.25, 0.3) is 0 Å². The molecule has 0 saturated heterocycles. The lowest BCUT2D eigenvalue weighted by molar-refractivity contribution is 0.149. The second kappa shape index (κ2) is 6.01. The zero-order chi connectivity index (χ0) is 13.8. The average molecular weight is 247 g/mol. The van der Waals surface area contributed by atoms with Crippen LogP contribution in [0.5, 0.6) is 0 Å². The fourth-order valence-electron chi connectivity index (χ4n) is 1.86. The lowest BCUT2D eigenvalue weighted by atomic mass is 9.93. The molecule has 0 spiro atoms. The number of likely N-dealkylation sites (N-methyl/N-ethyl adjacent to an activating group) is 1. The Morgan fingerprint density at radius 2 is 1.89 bits per heavy atom. The van der Waals surface area contributed by atoms with Crippen molar-refractivity contribution in [3.63, 3.8) is 0 Å². The predicted octanol–water partition coefficient (Wildman–Crippen LogP) is 2.83. The highest BCUT2D eigenvalue weighted by atomic mass is 15.2. The summed E-state index contributed by atoms with van der Waals surface area (Å²) in [6, 6.07) is 10.1. The van der Waals surface area contributed by atoms with Gasteiger partial charge in [0, 0.05) is 12.1 Å². The zero-order valence-corrected chi connectivity index (χ0v) is 11.9. The molecule has 1 aromatic carbocycles. The van der Waals surface area contributed by atoms with Gasteiger partial charge < -0.3 is 10.6 Å². The summed E-state index contributed by atoms with van der Waals surface area (Å²) < 4.78 is 0. The minimum absolute atomic E-state index is 0.0259. The third kappa shape index (κ3) is 3.57. The molecular formula is C15H25N3. The lowest BCUT2D eigenvalue weighted by Crippen LogP contribution is -2.44. The van der Waals surface area contributed by atoms with E-state index in [9.17, 15) is 0 Å². The van der Waals surface area contributed by atoms with E-state index in [4.69, 9.17) is 11.1 Å². The summed E-state index contributed by atoms with van der Waals surface area (Å²) in [6.45, 7) is 7.40. The van der Waals surface area contributed by atoms with E-state index in [2.05, 4.69) is 32.7 Å². The SMILES string of the molecule is CCC(C)(C)N(C)CC(C(=N)N)c1ccccc1. The van der Waals surface area contributed by atoms with Crippen molar-refractivity contribution in [3.8, 4) is 0 Å². The fourth-order valence-corrected chi connectivity index (χ4v) is 1.86. The summed E-state index contributed by atoms with van der Waals surface area (Å²) in [6.07, 6.45) is 1.07. The van der Waals surface area contributed by atoms with Crippen molar-refractivity contribution < 1.29 is 0 Å². The van der Waals surface area contributed by atoms with Crippen LogP contribution in [0.2, 0.25) is 0 Å². The minimum Gasteiger partial charge on any atom is -0.387 e. The highest BCUT2D eigenvalue weighted by molar-refractivity contribution is 5.84. The minimum atomic E-state index is -0.0259. The first-order chi connectivity index (χ1) is 8.38. The molecule has 1 rings (SSSR count). The van der Waals surface area contributed by atoms with Crippen LogP contribution in [0.15, 0.2) is 30.3 Å². The maximum Gasteiger partial charge on any atom is 0.0995 e. The van der Waals surface area contributed by atoms with E-state index in [-0.39, 0.29) is 17.3 Å². The van der Waals surface area contributed by atoms with Crippen LogP contribution >= 0.6 is 0 Å². The molecule has 0 radical (unpaired) electrons. The Hall–Kier alpha value is -1.35. The van der Waals surface area contributed by atoms with E-state index in [1.54, 1.807) is 0 Å². The third-order valence-electron chi connectivity index (χ3n) is 3.93. The molecule has 0 fully saturated rings. The highest BCUT2D eigenvalue weighted by Crippen LogP contribution is 2.22. The topological polar surface area (TPSA) is 53.1 Å². The summed E-state index contributed by atoms with van der Waals surface area (Å²) in [5.74, 6) is 0.210. The predicted molar refractivity (Wildman–Crippen MR) is 78.1 cm³/mol. The summed E-state index contributed by atoms with van der Waals surface area (Å²) in [5.41, 5.74) is 7.00. The van der Waals surface area contributed by atoms with Crippen LogP contribution in [-0.4, -0.2) is 29.9 Å². The van der Waals surface area contributed by atoms with Gasteiger partial charge in [-0.15, -0.1) is 0 Å². The van der Waals surface area contributed by atoms with Crippen LogP contribution in [0, 0.1) is 5.41 Å². The largest absolute Gasteiger partial charge is 0.387 e. The number of hydrogen-bond donors (Lipinski definition) is 2. The molecule has 0 aliphatic rings. The Labute approximate surface area is 111 Å². The normalized spacial score (nSPS) is 13.6. The van der Waals surface area contributed by atoms with Gasteiger partial charge >= 0.3 is 0 Å². The van der Waals surface area contributed by atoms with Gasteiger partial charge in [-0.1, -0.05) is 37.3 Å². The van der Waals surface area contributed by atoms with E-state index < -0.39 is 0 Å². The molecule has 3 nitrogen and oxygen atoms in total. The van der Waals surface area contributed by atoms with Gasteiger partial charge in [-0.2, -0.15) is 0 Å². The van der Waals surface area contributed by atoms with E-state index in [1.807, 2.05) is 30.3 Å². The maximum atomic E-state index is 7.80. The Kier molecular flexibility index (Phi) is 4.91. The van der Waals surface area contributed by atoms with Gasteiger partial charge in [-0.05, 0) is 32.9 Å². The standard InChI is InChI=1S/C15H25N3/c1-5-15(2,3)18(4)11-13(14(16)17)12-9-7-6-8-10-12/h6-10,13H,5,11H2,1-4H3,(H3,16,17). The van der Waals surface area contributed by atoms with E-state index in [0.29, 0.717) is 0 Å². The maximum absolute atomic E-state index is 7.80. The second-order valence-corrected chi connectivity index (χ2v) is 5.47. The molecular weight excluding hydrogens is 222 g/mol. The number of hydrogen-bond acceptors (Lipinski definition) is 2. The lowest BCUT2D eigenvalue weighted by Gasteiger charge is -2.37. The average Bonchev–Trinajstić information content (AvgIpc) is 2.36. The van der Waals surface area contributed by atoms with Crippen LogP contribution < -0.4 is 5.73 Å². The number of amidine groups is 1. The number of nitrogens with one attached hydrogen (secondary N) is 1. The van der Waals surface area contributed by atoms with E-state index >= 15 is 0 Å². The molecule has 1 aromatic rings. The van der Waals surface area contributed by atoms with Crippen LogP contribution in [-0.2, 0) is 0 Å². The molecule has 0 amide bonds.